The van der Waals surface area contributed by atoms with Crippen molar-refractivity contribution in [2.45, 2.75) is 37.3 Å². The van der Waals surface area contributed by atoms with Gasteiger partial charge in [0.15, 0.2) is 0 Å². The number of carboxylic acid groups (broad SMARTS) is 1. The molecule has 124 valence electrons. The summed E-state index contributed by atoms with van der Waals surface area (Å²) in [6, 6.07) is 8.54. The minimum atomic E-state index is -3.79. The molecule has 0 radical (unpaired) electrons. The first kappa shape index (κ1) is 17.5. The third-order valence-corrected chi connectivity index (χ3v) is 6.44. The first-order valence-corrected chi connectivity index (χ1v) is 9.28. The molecule has 0 amide bonds. The topological polar surface area (TPSA) is 83.5 Å². The van der Waals surface area contributed by atoms with E-state index in [-0.39, 0.29) is 14.5 Å². The number of aryl methyl sites for hydroxylation is 1. The molecule has 1 aromatic heterocycles. The highest BCUT2D eigenvalue weighted by Crippen LogP contribution is 2.28. The molecule has 0 aliphatic carbocycles. The Morgan fingerprint density at radius 2 is 1.74 bits per heavy atom. The minimum absolute atomic E-state index is 0.00713. The molecule has 0 aliphatic heterocycles. The highest BCUT2D eigenvalue weighted by molar-refractivity contribution is 7.94. The van der Waals surface area contributed by atoms with Gasteiger partial charge < -0.3 is 5.11 Å². The highest BCUT2D eigenvalue weighted by atomic mass is 32.2. The molecule has 2 N–H and O–H groups in total. The molecule has 2 aromatic rings. The second kappa shape index (κ2) is 5.98. The predicted octanol–water partition coefficient (Wildman–Crippen LogP) is 3.85. The zero-order valence-corrected chi connectivity index (χ0v) is 15.0. The smallest absolute Gasteiger partial charge is 0.346 e. The van der Waals surface area contributed by atoms with Gasteiger partial charge in [0.05, 0.1) is 0 Å². The van der Waals surface area contributed by atoms with Gasteiger partial charge in [0.1, 0.15) is 9.09 Å². The van der Waals surface area contributed by atoms with Crippen molar-refractivity contribution in [1.82, 2.24) is 0 Å². The standard InChI is InChI=1S/C16H19NO4S2/c1-10-9-13(22-14(10)15(18)19)23(20,21)17-12-7-5-11(6-8-12)16(2,3)4/h5-9,17H,1-4H3,(H,18,19). The van der Waals surface area contributed by atoms with Gasteiger partial charge in [-0.25, -0.2) is 13.2 Å². The number of nitrogens with one attached hydrogen (secondary N) is 1. The van der Waals surface area contributed by atoms with Gasteiger partial charge in [0.25, 0.3) is 10.0 Å². The van der Waals surface area contributed by atoms with Gasteiger partial charge in [-0.05, 0) is 41.7 Å². The summed E-state index contributed by atoms with van der Waals surface area (Å²) >= 11 is 0.751. The van der Waals surface area contributed by atoms with E-state index < -0.39 is 16.0 Å². The Bertz CT molecular complexity index is 828. The van der Waals surface area contributed by atoms with Crippen LogP contribution in [0.25, 0.3) is 0 Å². The normalized spacial score (nSPS) is 12.2. The van der Waals surface area contributed by atoms with Crippen molar-refractivity contribution in [3.8, 4) is 0 Å². The number of rotatable bonds is 4. The van der Waals surface area contributed by atoms with Crippen LogP contribution < -0.4 is 4.72 Å². The lowest BCUT2D eigenvalue weighted by Crippen LogP contribution is -2.13. The summed E-state index contributed by atoms with van der Waals surface area (Å²) in [6.45, 7) is 7.81. The number of hydrogen-bond acceptors (Lipinski definition) is 4. The van der Waals surface area contributed by atoms with Crippen LogP contribution in [0, 0.1) is 6.92 Å². The average molecular weight is 353 g/mol. The number of sulfonamides is 1. The molecule has 1 heterocycles. The van der Waals surface area contributed by atoms with E-state index in [4.69, 9.17) is 5.11 Å². The van der Waals surface area contributed by atoms with Gasteiger partial charge in [-0.1, -0.05) is 32.9 Å². The van der Waals surface area contributed by atoms with Crippen LogP contribution >= 0.6 is 11.3 Å². The van der Waals surface area contributed by atoms with Crippen LogP contribution in [-0.4, -0.2) is 19.5 Å². The summed E-state index contributed by atoms with van der Waals surface area (Å²) in [6.07, 6.45) is 0. The van der Waals surface area contributed by atoms with Gasteiger partial charge >= 0.3 is 5.97 Å². The average Bonchev–Trinajstić information content (AvgIpc) is 2.81. The van der Waals surface area contributed by atoms with Crippen molar-refractivity contribution in [1.29, 1.82) is 0 Å². The molecule has 0 saturated heterocycles. The number of anilines is 1. The maximum atomic E-state index is 12.4. The summed E-state index contributed by atoms with van der Waals surface area (Å²) in [4.78, 5) is 11.1. The van der Waals surface area contributed by atoms with Crippen LogP contribution in [0.1, 0.15) is 41.6 Å². The molecule has 0 aliphatic rings. The molecule has 0 atom stereocenters. The molecule has 0 spiro atoms. The molecule has 2 rings (SSSR count). The van der Waals surface area contributed by atoms with Crippen LogP contribution in [0.4, 0.5) is 5.69 Å². The highest BCUT2D eigenvalue weighted by Gasteiger charge is 2.22. The van der Waals surface area contributed by atoms with Crippen molar-refractivity contribution < 1.29 is 18.3 Å². The largest absolute Gasteiger partial charge is 0.477 e. The zero-order valence-electron chi connectivity index (χ0n) is 13.4. The number of thiophene rings is 1. The number of carbonyl (C=O) groups is 1. The van der Waals surface area contributed by atoms with E-state index in [1.165, 1.54) is 6.07 Å². The van der Waals surface area contributed by atoms with E-state index >= 15 is 0 Å². The molecular weight excluding hydrogens is 334 g/mol. The summed E-state index contributed by atoms with van der Waals surface area (Å²) in [5.41, 5.74) is 1.96. The van der Waals surface area contributed by atoms with E-state index in [1.807, 2.05) is 12.1 Å². The first-order valence-electron chi connectivity index (χ1n) is 6.98. The lowest BCUT2D eigenvalue weighted by atomic mass is 9.87. The second-order valence-corrected chi connectivity index (χ2v) is 9.28. The molecule has 0 bridgehead atoms. The van der Waals surface area contributed by atoms with E-state index in [0.717, 1.165) is 16.9 Å². The second-order valence-electron chi connectivity index (χ2n) is 6.32. The Kier molecular flexibility index (Phi) is 4.54. The predicted molar refractivity (Wildman–Crippen MR) is 92.0 cm³/mol. The molecule has 0 saturated carbocycles. The lowest BCUT2D eigenvalue weighted by Gasteiger charge is -2.19. The Morgan fingerprint density at radius 3 is 2.17 bits per heavy atom. The quantitative estimate of drug-likeness (QED) is 0.874. The van der Waals surface area contributed by atoms with Crippen LogP contribution in [0.15, 0.2) is 34.5 Å². The zero-order chi connectivity index (χ0) is 17.4. The first-order chi connectivity index (χ1) is 10.5. The van der Waals surface area contributed by atoms with Crippen molar-refractivity contribution >= 4 is 33.0 Å². The maximum Gasteiger partial charge on any atom is 0.346 e. The number of hydrogen-bond donors (Lipinski definition) is 2. The van der Waals surface area contributed by atoms with E-state index in [9.17, 15) is 13.2 Å². The summed E-state index contributed by atoms with van der Waals surface area (Å²) in [5, 5.41) is 9.04. The minimum Gasteiger partial charge on any atom is -0.477 e. The fourth-order valence-electron chi connectivity index (χ4n) is 2.04. The molecule has 0 unspecified atom stereocenters. The fraction of sp³-hybridized carbons (Fsp3) is 0.312. The van der Waals surface area contributed by atoms with E-state index in [1.54, 1.807) is 19.1 Å². The van der Waals surface area contributed by atoms with Gasteiger partial charge in [0.2, 0.25) is 0 Å². The Labute approximate surface area is 140 Å². The molecule has 5 nitrogen and oxygen atoms in total. The van der Waals surface area contributed by atoms with Crippen molar-refractivity contribution in [3.05, 3.63) is 46.3 Å². The molecule has 0 fully saturated rings. The van der Waals surface area contributed by atoms with Gasteiger partial charge in [-0.2, -0.15) is 0 Å². The van der Waals surface area contributed by atoms with Gasteiger partial charge in [-0.3, -0.25) is 4.72 Å². The third kappa shape index (κ3) is 3.92. The summed E-state index contributed by atoms with van der Waals surface area (Å²) < 4.78 is 27.2. The molecule has 1 aromatic carbocycles. The van der Waals surface area contributed by atoms with E-state index in [2.05, 4.69) is 25.5 Å². The molecule has 23 heavy (non-hydrogen) atoms. The third-order valence-electron chi connectivity index (χ3n) is 3.36. The fourth-order valence-corrected chi connectivity index (χ4v) is 4.48. The maximum absolute atomic E-state index is 12.4. The van der Waals surface area contributed by atoms with Crippen molar-refractivity contribution in [2.75, 3.05) is 4.72 Å². The van der Waals surface area contributed by atoms with Crippen LogP contribution in [0.5, 0.6) is 0 Å². The number of carboxylic acids is 1. The van der Waals surface area contributed by atoms with Crippen LogP contribution in [-0.2, 0) is 15.4 Å². The lowest BCUT2D eigenvalue weighted by molar-refractivity contribution is 0.0701. The summed E-state index contributed by atoms with van der Waals surface area (Å²) in [7, 11) is -3.79. The van der Waals surface area contributed by atoms with E-state index in [0.29, 0.717) is 11.3 Å². The number of aromatic carboxylic acids is 1. The summed E-state index contributed by atoms with van der Waals surface area (Å²) in [5.74, 6) is -1.12. The van der Waals surface area contributed by atoms with Crippen molar-refractivity contribution in [2.24, 2.45) is 0 Å². The molecule has 7 heteroatoms. The van der Waals surface area contributed by atoms with Crippen molar-refractivity contribution in [3.63, 3.8) is 0 Å². The van der Waals surface area contributed by atoms with Crippen LogP contribution in [0.3, 0.4) is 0 Å². The SMILES string of the molecule is Cc1cc(S(=O)(=O)Nc2ccc(C(C)(C)C)cc2)sc1C(=O)O. The Morgan fingerprint density at radius 1 is 1.17 bits per heavy atom. The molecular formula is C16H19NO4S2. The number of benzene rings is 1. The monoisotopic (exact) mass is 353 g/mol. The Balaban J connectivity index is 2.28. The van der Waals surface area contributed by atoms with Gasteiger partial charge in [0, 0.05) is 5.69 Å². The Hall–Kier alpha value is -1.86. The van der Waals surface area contributed by atoms with Gasteiger partial charge in [-0.15, -0.1) is 11.3 Å². The van der Waals surface area contributed by atoms with Crippen LogP contribution in [0.2, 0.25) is 0 Å².